The van der Waals surface area contributed by atoms with Crippen LogP contribution in [0.15, 0.2) is 29.2 Å². The van der Waals surface area contributed by atoms with Gasteiger partial charge in [-0.25, -0.2) is 0 Å². The maximum Gasteiger partial charge on any atom is 0.0260 e. The van der Waals surface area contributed by atoms with Gasteiger partial charge in [-0.05, 0) is 30.9 Å². The first-order valence-electron chi connectivity index (χ1n) is 6.37. The maximum atomic E-state index is 5.80. The molecule has 1 aromatic rings. The number of hydrogen-bond donors (Lipinski definition) is 1. The predicted molar refractivity (Wildman–Crippen MR) is 77.2 cm³/mol. The molecule has 0 amide bonds. The molecule has 0 spiro atoms. The first-order valence-corrected chi connectivity index (χ1v) is 7.78. The summed E-state index contributed by atoms with van der Waals surface area (Å²) in [6, 6.07) is 9.33. The average Bonchev–Trinajstić information content (AvgIpc) is 2.77. The van der Waals surface area contributed by atoms with Crippen LogP contribution in [0.5, 0.6) is 0 Å². The van der Waals surface area contributed by atoms with Crippen molar-refractivity contribution in [3.8, 4) is 0 Å². The van der Waals surface area contributed by atoms with Crippen molar-refractivity contribution < 1.29 is 0 Å². The fourth-order valence-corrected chi connectivity index (χ4v) is 3.77. The lowest BCUT2D eigenvalue weighted by Crippen LogP contribution is -2.34. The molecule has 0 saturated carbocycles. The number of alkyl halides is 1. The Labute approximate surface area is 113 Å². The summed E-state index contributed by atoms with van der Waals surface area (Å²) >= 11 is 7.81. The third kappa shape index (κ3) is 3.64. The number of rotatable bonds is 6. The minimum absolute atomic E-state index is 0.580. The molecular formula is C14H20ClNS. The molecule has 94 valence electrons. The van der Waals surface area contributed by atoms with Gasteiger partial charge in [0.2, 0.25) is 0 Å². The molecule has 0 radical (unpaired) electrons. The Hall–Kier alpha value is -0.180. The van der Waals surface area contributed by atoms with E-state index in [0.29, 0.717) is 11.3 Å². The lowest BCUT2D eigenvalue weighted by Gasteiger charge is -2.18. The van der Waals surface area contributed by atoms with Crippen molar-refractivity contribution >= 4 is 23.4 Å². The first kappa shape index (κ1) is 13.3. The van der Waals surface area contributed by atoms with Crippen LogP contribution in [-0.4, -0.2) is 23.7 Å². The summed E-state index contributed by atoms with van der Waals surface area (Å²) in [5.41, 5.74) is 1.51. The van der Waals surface area contributed by atoms with Gasteiger partial charge in [-0.15, -0.1) is 23.4 Å². The fourth-order valence-electron chi connectivity index (χ4n) is 2.25. The normalized spacial score (nSPS) is 20.2. The van der Waals surface area contributed by atoms with Gasteiger partial charge in [0.1, 0.15) is 0 Å². The molecule has 3 heteroatoms. The van der Waals surface area contributed by atoms with Crippen LogP contribution in [0.3, 0.4) is 0 Å². The zero-order valence-corrected chi connectivity index (χ0v) is 11.9. The molecule has 1 heterocycles. The Kier molecular flexibility index (Phi) is 5.20. The third-order valence-corrected chi connectivity index (χ3v) is 4.84. The molecule has 17 heavy (non-hydrogen) atoms. The summed E-state index contributed by atoms with van der Waals surface area (Å²) in [7, 11) is 0. The number of benzene rings is 1. The quantitative estimate of drug-likeness (QED) is 0.791. The van der Waals surface area contributed by atoms with Crippen LogP contribution in [-0.2, 0) is 6.42 Å². The van der Waals surface area contributed by atoms with Crippen molar-refractivity contribution in [1.29, 1.82) is 0 Å². The van der Waals surface area contributed by atoms with Crippen molar-refractivity contribution in [2.45, 2.75) is 42.4 Å². The summed E-state index contributed by atoms with van der Waals surface area (Å²) in [5.74, 6) is 0.754. The van der Waals surface area contributed by atoms with Gasteiger partial charge in [0.15, 0.2) is 0 Å². The standard InChI is InChI=1S/C14H20ClNS/c1-2-12(7-8-15)16-10-13-9-11-5-3-4-6-14(11)17-13/h3-6,12-13,16H,2,7-10H2,1H3. The molecular weight excluding hydrogens is 250 g/mol. The van der Waals surface area contributed by atoms with Gasteiger partial charge in [-0.1, -0.05) is 25.1 Å². The molecule has 2 unspecified atom stereocenters. The van der Waals surface area contributed by atoms with Gasteiger partial charge in [0.05, 0.1) is 0 Å². The monoisotopic (exact) mass is 269 g/mol. The van der Waals surface area contributed by atoms with Crippen molar-refractivity contribution in [2.24, 2.45) is 0 Å². The Morgan fingerprint density at radius 1 is 1.47 bits per heavy atom. The molecule has 1 N–H and O–H groups in total. The molecule has 0 aromatic heterocycles. The van der Waals surface area contributed by atoms with Crippen LogP contribution >= 0.6 is 23.4 Å². The van der Waals surface area contributed by atoms with Gasteiger partial charge in [-0.2, -0.15) is 0 Å². The van der Waals surface area contributed by atoms with E-state index in [0.717, 1.165) is 25.3 Å². The highest BCUT2D eigenvalue weighted by molar-refractivity contribution is 8.00. The lowest BCUT2D eigenvalue weighted by molar-refractivity contribution is 0.485. The van der Waals surface area contributed by atoms with Crippen LogP contribution in [0.4, 0.5) is 0 Å². The second kappa shape index (κ2) is 6.67. The highest BCUT2D eigenvalue weighted by Gasteiger charge is 2.21. The van der Waals surface area contributed by atoms with Crippen LogP contribution < -0.4 is 5.32 Å². The second-order valence-electron chi connectivity index (χ2n) is 4.54. The van der Waals surface area contributed by atoms with Gasteiger partial charge in [-0.3, -0.25) is 0 Å². The Balaban J connectivity index is 1.79. The molecule has 1 aromatic carbocycles. The molecule has 1 nitrogen and oxygen atoms in total. The zero-order chi connectivity index (χ0) is 12.1. The number of fused-ring (bicyclic) bond motifs is 1. The highest BCUT2D eigenvalue weighted by Crippen LogP contribution is 2.36. The first-order chi connectivity index (χ1) is 8.33. The molecule has 2 atom stereocenters. The minimum Gasteiger partial charge on any atom is -0.313 e. The fraction of sp³-hybridized carbons (Fsp3) is 0.571. The summed E-state index contributed by atoms with van der Waals surface area (Å²) in [6.45, 7) is 3.31. The van der Waals surface area contributed by atoms with E-state index < -0.39 is 0 Å². The highest BCUT2D eigenvalue weighted by atomic mass is 35.5. The molecule has 1 aliphatic rings. The molecule has 0 aliphatic carbocycles. The van der Waals surface area contributed by atoms with Crippen LogP contribution in [0.1, 0.15) is 25.3 Å². The van der Waals surface area contributed by atoms with E-state index in [1.54, 1.807) is 0 Å². The van der Waals surface area contributed by atoms with E-state index in [-0.39, 0.29) is 0 Å². The largest absolute Gasteiger partial charge is 0.313 e. The Morgan fingerprint density at radius 3 is 3.00 bits per heavy atom. The molecule has 2 rings (SSSR count). The third-order valence-electron chi connectivity index (χ3n) is 3.30. The molecule has 0 bridgehead atoms. The van der Waals surface area contributed by atoms with Gasteiger partial charge in [0, 0.05) is 28.6 Å². The molecule has 0 fully saturated rings. The van der Waals surface area contributed by atoms with Gasteiger partial charge >= 0.3 is 0 Å². The number of hydrogen-bond acceptors (Lipinski definition) is 2. The Morgan fingerprint density at radius 2 is 2.29 bits per heavy atom. The number of halogens is 1. The van der Waals surface area contributed by atoms with Gasteiger partial charge < -0.3 is 5.32 Å². The van der Waals surface area contributed by atoms with Crippen LogP contribution in [0, 0.1) is 0 Å². The topological polar surface area (TPSA) is 12.0 Å². The van der Waals surface area contributed by atoms with Crippen LogP contribution in [0.25, 0.3) is 0 Å². The van der Waals surface area contributed by atoms with Crippen molar-refractivity contribution in [1.82, 2.24) is 5.32 Å². The smallest absolute Gasteiger partial charge is 0.0260 e. The van der Waals surface area contributed by atoms with E-state index in [1.807, 2.05) is 11.8 Å². The van der Waals surface area contributed by atoms with Crippen LogP contribution in [0.2, 0.25) is 0 Å². The van der Waals surface area contributed by atoms with Crippen molar-refractivity contribution in [3.63, 3.8) is 0 Å². The average molecular weight is 270 g/mol. The number of thioether (sulfide) groups is 1. The van der Waals surface area contributed by atoms with E-state index in [4.69, 9.17) is 11.6 Å². The maximum absolute atomic E-state index is 5.80. The summed E-state index contributed by atoms with van der Waals surface area (Å²) in [6.07, 6.45) is 3.44. The second-order valence-corrected chi connectivity index (χ2v) is 6.26. The van der Waals surface area contributed by atoms with Crippen molar-refractivity contribution in [3.05, 3.63) is 29.8 Å². The molecule has 0 saturated heterocycles. The van der Waals surface area contributed by atoms with Crippen molar-refractivity contribution in [2.75, 3.05) is 12.4 Å². The predicted octanol–water partition coefficient (Wildman–Crippen LogP) is 3.70. The lowest BCUT2D eigenvalue weighted by atomic mass is 10.1. The van der Waals surface area contributed by atoms with E-state index in [2.05, 4.69) is 36.5 Å². The van der Waals surface area contributed by atoms with Gasteiger partial charge in [0.25, 0.3) is 0 Å². The van der Waals surface area contributed by atoms with E-state index >= 15 is 0 Å². The SMILES string of the molecule is CCC(CCCl)NCC1Cc2ccccc2S1. The minimum atomic E-state index is 0.580. The zero-order valence-electron chi connectivity index (χ0n) is 10.3. The summed E-state index contributed by atoms with van der Waals surface area (Å²) in [5, 5.41) is 4.33. The Bertz CT molecular complexity index is 331. The van der Waals surface area contributed by atoms with E-state index in [1.165, 1.54) is 16.9 Å². The van der Waals surface area contributed by atoms with E-state index in [9.17, 15) is 0 Å². The number of nitrogens with one attached hydrogen (secondary N) is 1. The summed E-state index contributed by atoms with van der Waals surface area (Å²) in [4.78, 5) is 1.46. The molecule has 1 aliphatic heterocycles. The summed E-state index contributed by atoms with van der Waals surface area (Å²) < 4.78 is 0.